The molecule has 1 amide bonds. The largest absolute Gasteiger partial charge is 0.465 e. The number of rotatable bonds is 6. The van der Waals surface area contributed by atoms with Crippen LogP contribution in [0.15, 0.2) is 66.0 Å². The van der Waals surface area contributed by atoms with E-state index in [1.807, 2.05) is 0 Å². The zero-order valence-electron chi connectivity index (χ0n) is 24.3. The van der Waals surface area contributed by atoms with E-state index in [4.69, 9.17) is 4.98 Å². The number of hydrogen-bond donors (Lipinski definition) is 3. The van der Waals surface area contributed by atoms with E-state index in [0.717, 1.165) is 34.5 Å². The second kappa shape index (κ2) is 11.3. The van der Waals surface area contributed by atoms with Gasteiger partial charge in [0.15, 0.2) is 0 Å². The highest BCUT2D eigenvalue weighted by atomic mass is 32.2. The summed E-state index contributed by atoms with van der Waals surface area (Å²) in [5.41, 5.74) is 1.41. The number of carboxylic acid groups (broad SMARTS) is 1. The molecule has 0 spiro atoms. The second-order valence-electron chi connectivity index (χ2n) is 11.2. The predicted molar refractivity (Wildman–Crippen MR) is 163 cm³/mol. The molecule has 0 saturated heterocycles. The van der Waals surface area contributed by atoms with Gasteiger partial charge in [0.2, 0.25) is 5.95 Å². The third kappa shape index (κ3) is 5.77. The Labute approximate surface area is 256 Å². The van der Waals surface area contributed by atoms with Crippen molar-refractivity contribution in [3.05, 3.63) is 77.9 Å². The highest BCUT2D eigenvalue weighted by Crippen LogP contribution is 2.39. The third-order valence-electron chi connectivity index (χ3n) is 8.18. The van der Waals surface area contributed by atoms with Crippen LogP contribution in [0.1, 0.15) is 42.5 Å². The van der Waals surface area contributed by atoms with Gasteiger partial charge in [-0.15, -0.1) is 0 Å². The van der Waals surface area contributed by atoms with E-state index in [2.05, 4.69) is 20.6 Å². The molecule has 1 saturated carbocycles. The number of nitrogens with zero attached hydrogens (tertiary/aromatic N) is 4. The van der Waals surface area contributed by atoms with E-state index < -0.39 is 27.9 Å². The smallest absolute Gasteiger partial charge is 0.416 e. The number of aryl methyl sites for hydroxylation is 2. The van der Waals surface area contributed by atoms with E-state index >= 15 is 0 Å². The lowest BCUT2D eigenvalue weighted by molar-refractivity contribution is -0.137. The van der Waals surface area contributed by atoms with Crippen LogP contribution in [0, 0.1) is 13.8 Å². The van der Waals surface area contributed by atoms with E-state index in [1.165, 1.54) is 30.6 Å². The Morgan fingerprint density at radius 2 is 1.67 bits per heavy atom. The molecular formula is C31H29F3N6O4S. The molecule has 2 aromatic carbocycles. The Balaban J connectivity index is 1.53. The lowest BCUT2D eigenvalue weighted by Gasteiger charge is -2.32. The molecule has 0 unspecified atom stereocenters. The molecule has 234 valence electrons. The van der Waals surface area contributed by atoms with Crippen LogP contribution in [0.25, 0.3) is 32.9 Å². The lowest BCUT2D eigenvalue weighted by Crippen LogP contribution is -2.48. The molecule has 0 radical (unpaired) electrons. The average molecular weight is 639 g/mol. The number of aromatic nitrogens is 4. The summed E-state index contributed by atoms with van der Waals surface area (Å²) in [7, 11) is -4.31. The SMILES string of the molecule is Cc1ccc(S(=O)(=O)n2cc(-c3cnc(C)c4cnc(N[C@H]5CCCC[C@H]5NC(=O)O)nc34)c3ccc(C(F)(F)F)cc32)cc1. The zero-order chi connectivity index (χ0) is 32.1. The van der Waals surface area contributed by atoms with Gasteiger partial charge < -0.3 is 15.7 Å². The highest BCUT2D eigenvalue weighted by molar-refractivity contribution is 7.90. The van der Waals surface area contributed by atoms with Crippen LogP contribution >= 0.6 is 0 Å². The molecule has 3 N–H and O–H groups in total. The van der Waals surface area contributed by atoms with Crippen molar-refractivity contribution in [1.82, 2.24) is 24.2 Å². The first-order valence-corrected chi connectivity index (χ1v) is 15.7. The van der Waals surface area contributed by atoms with E-state index in [-0.39, 0.29) is 33.8 Å². The summed E-state index contributed by atoms with van der Waals surface area (Å²) >= 11 is 0. The molecule has 0 aliphatic heterocycles. The predicted octanol–water partition coefficient (Wildman–Crippen LogP) is 6.51. The third-order valence-corrected chi connectivity index (χ3v) is 9.87. The minimum absolute atomic E-state index is 0.0772. The zero-order valence-corrected chi connectivity index (χ0v) is 25.1. The van der Waals surface area contributed by atoms with Crippen LogP contribution in [0.3, 0.4) is 0 Å². The highest BCUT2D eigenvalue weighted by Gasteiger charge is 2.33. The number of carbonyl (C=O) groups is 1. The Morgan fingerprint density at radius 3 is 2.36 bits per heavy atom. The summed E-state index contributed by atoms with van der Waals surface area (Å²) in [5.74, 6) is 0.230. The monoisotopic (exact) mass is 638 g/mol. The molecule has 6 rings (SSSR count). The number of anilines is 1. The number of pyridine rings is 1. The second-order valence-corrected chi connectivity index (χ2v) is 13.0. The molecule has 1 fully saturated rings. The van der Waals surface area contributed by atoms with Gasteiger partial charge in [-0.2, -0.15) is 13.2 Å². The van der Waals surface area contributed by atoms with Gasteiger partial charge in [0.1, 0.15) is 0 Å². The fourth-order valence-corrected chi connectivity index (χ4v) is 7.18. The lowest BCUT2D eigenvalue weighted by atomic mass is 9.90. The number of nitrogens with one attached hydrogen (secondary N) is 2. The maximum atomic E-state index is 13.8. The number of fused-ring (bicyclic) bond motifs is 2. The summed E-state index contributed by atoms with van der Waals surface area (Å²) < 4.78 is 70.0. The van der Waals surface area contributed by atoms with Gasteiger partial charge in [0.25, 0.3) is 10.0 Å². The van der Waals surface area contributed by atoms with Gasteiger partial charge >= 0.3 is 12.3 Å². The van der Waals surface area contributed by atoms with Crippen molar-refractivity contribution in [2.24, 2.45) is 0 Å². The van der Waals surface area contributed by atoms with E-state index in [0.29, 0.717) is 40.6 Å². The van der Waals surface area contributed by atoms with Crippen LogP contribution in [0.5, 0.6) is 0 Å². The average Bonchev–Trinajstić information content (AvgIpc) is 3.38. The molecule has 10 nitrogen and oxygen atoms in total. The van der Waals surface area contributed by atoms with E-state index in [9.17, 15) is 31.5 Å². The summed E-state index contributed by atoms with van der Waals surface area (Å²) in [6.07, 6.45) is 1.69. The fraction of sp³-hybridized carbons (Fsp3) is 0.290. The standard InChI is InChI=1S/C31H29F3N6O4S/c1-17-7-10-20(11-8-17)45(43,44)40-16-24(21-12-9-19(13-27(21)40)31(32,33)34)23-15-35-18(2)22-14-36-29(39-28(22)23)37-25-5-3-4-6-26(25)38-30(41)42/h7-16,25-26,38H,3-6H2,1-2H3,(H,41,42)(H,36,37,39)/t25-,26+/m0/s1. The quantitative estimate of drug-likeness (QED) is 0.191. The molecule has 14 heteroatoms. The molecule has 3 heterocycles. The summed E-state index contributed by atoms with van der Waals surface area (Å²) in [4.78, 5) is 24.9. The van der Waals surface area contributed by atoms with Crippen molar-refractivity contribution < 1.29 is 31.5 Å². The first-order chi connectivity index (χ1) is 21.3. The minimum atomic E-state index is -4.70. The molecular weight excluding hydrogens is 609 g/mol. The minimum Gasteiger partial charge on any atom is -0.465 e. The van der Waals surface area contributed by atoms with Crippen molar-refractivity contribution in [3.63, 3.8) is 0 Å². The maximum absolute atomic E-state index is 13.8. The van der Waals surface area contributed by atoms with E-state index in [1.54, 1.807) is 32.2 Å². The molecule has 1 aliphatic rings. The maximum Gasteiger partial charge on any atom is 0.416 e. The molecule has 2 atom stereocenters. The molecule has 3 aromatic heterocycles. The van der Waals surface area contributed by atoms with Crippen LogP contribution in [-0.4, -0.2) is 50.6 Å². The summed E-state index contributed by atoms with van der Waals surface area (Å²) in [5, 5.41) is 15.9. The Morgan fingerprint density at radius 1 is 0.956 bits per heavy atom. The van der Waals surface area contributed by atoms with Crippen molar-refractivity contribution in [2.75, 3.05) is 5.32 Å². The first kappa shape index (κ1) is 30.3. The van der Waals surface area contributed by atoms with Crippen LogP contribution in [0.4, 0.5) is 23.9 Å². The van der Waals surface area contributed by atoms with Gasteiger partial charge in [0.05, 0.1) is 27.5 Å². The van der Waals surface area contributed by atoms with Gasteiger partial charge in [-0.3, -0.25) is 4.98 Å². The number of halogens is 3. The number of benzene rings is 2. The van der Waals surface area contributed by atoms with Gasteiger partial charge in [-0.1, -0.05) is 36.6 Å². The Hall–Kier alpha value is -4.72. The Kier molecular flexibility index (Phi) is 7.63. The van der Waals surface area contributed by atoms with Gasteiger partial charge in [-0.05, 0) is 51.0 Å². The van der Waals surface area contributed by atoms with Crippen molar-refractivity contribution in [3.8, 4) is 11.1 Å². The van der Waals surface area contributed by atoms with Crippen molar-refractivity contribution >= 4 is 43.9 Å². The van der Waals surface area contributed by atoms with Crippen LogP contribution < -0.4 is 10.6 Å². The molecule has 45 heavy (non-hydrogen) atoms. The summed E-state index contributed by atoms with van der Waals surface area (Å²) in [6.45, 7) is 3.56. The first-order valence-electron chi connectivity index (χ1n) is 14.3. The number of hydrogen-bond acceptors (Lipinski definition) is 7. The fourth-order valence-electron chi connectivity index (χ4n) is 5.82. The molecule has 1 aliphatic carbocycles. The van der Waals surface area contributed by atoms with Crippen LogP contribution in [0.2, 0.25) is 0 Å². The topological polar surface area (TPSA) is 139 Å². The normalized spacial score (nSPS) is 17.4. The van der Waals surface area contributed by atoms with Gasteiger partial charge in [0, 0.05) is 52.2 Å². The van der Waals surface area contributed by atoms with Crippen molar-refractivity contribution in [2.45, 2.75) is 62.7 Å². The Bertz CT molecular complexity index is 2050. The summed E-state index contributed by atoms with van der Waals surface area (Å²) in [6, 6.07) is 8.45. The molecule has 0 bridgehead atoms. The van der Waals surface area contributed by atoms with Crippen molar-refractivity contribution in [1.29, 1.82) is 0 Å². The number of alkyl halides is 3. The number of amides is 1. The van der Waals surface area contributed by atoms with Gasteiger partial charge in [-0.25, -0.2) is 27.2 Å². The van der Waals surface area contributed by atoms with Crippen LogP contribution in [-0.2, 0) is 16.2 Å². The molecule has 5 aromatic rings.